The van der Waals surface area contributed by atoms with E-state index in [1.54, 1.807) is 10.8 Å². The van der Waals surface area contributed by atoms with E-state index in [9.17, 15) is 22.8 Å². The van der Waals surface area contributed by atoms with E-state index in [1.807, 2.05) is 0 Å². The summed E-state index contributed by atoms with van der Waals surface area (Å²) in [4.78, 5) is 33.3. The van der Waals surface area contributed by atoms with Crippen LogP contribution in [0.2, 0.25) is 0 Å². The van der Waals surface area contributed by atoms with Crippen molar-refractivity contribution in [2.45, 2.75) is 30.6 Å². The third-order valence-corrected chi connectivity index (χ3v) is 4.19. The molecule has 9 heteroatoms. The first-order valence-electron chi connectivity index (χ1n) is 6.95. The lowest BCUT2D eigenvalue weighted by atomic mass is 10.2. The zero-order valence-corrected chi connectivity index (χ0v) is 13.1. The van der Waals surface area contributed by atoms with Crippen LogP contribution in [0.5, 0.6) is 0 Å². The topological polar surface area (TPSA) is 130 Å². The van der Waals surface area contributed by atoms with Crippen molar-refractivity contribution in [2.24, 2.45) is 0 Å². The molecule has 0 spiro atoms. The van der Waals surface area contributed by atoms with Gasteiger partial charge in [-0.15, -0.1) is 0 Å². The monoisotopic (exact) mass is 342 g/mol. The van der Waals surface area contributed by atoms with Crippen LogP contribution in [0.4, 0.5) is 0 Å². The molecule has 0 bridgehead atoms. The van der Waals surface area contributed by atoms with Gasteiger partial charge in [-0.2, -0.15) is 0 Å². The molecule has 1 aromatic carbocycles. The van der Waals surface area contributed by atoms with Gasteiger partial charge in [-0.25, -0.2) is 13.1 Å². The number of hydrogen-bond donors (Lipinski definition) is 3. The average molecular weight is 342 g/mol. The number of carboxylic acid groups (broad SMARTS) is 1. The summed E-state index contributed by atoms with van der Waals surface area (Å²) in [7, 11) is -4.08. The molecule has 23 heavy (non-hydrogen) atoms. The molecule has 0 unspecified atom stereocenters. The van der Waals surface area contributed by atoms with Gasteiger partial charge in [0.25, 0.3) is 10.0 Å². The molecule has 0 atom stereocenters. The summed E-state index contributed by atoms with van der Waals surface area (Å²) >= 11 is 0. The van der Waals surface area contributed by atoms with E-state index in [2.05, 4.69) is 5.32 Å². The lowest BCUT2D eigenvalue weighted by molar-refractivity contribution is -0.138. The predicted molar refractivity (Wildman–Crippen MR) is 80.9 cm³/mol. The SMILES string of the molecule is O=C(O)CCCCCNC(=O)C(=O)NS(=O)(=O)c1ccccc1. The maximum absolute atomic E-state index is 11.9. The highest BCUT2D eigenvalue weighted by Gasteiger charge is 2.21. The first kappa shape index (κ1) is 18.6. The fourth-order valence-corrected chi connectivity index (χ4v) is 2.66. The number of amides is 2. The van der Waals surface area contributed by atoms with Gasteiger partial charge >= 0.3 is 17.8 Å². The van der Waals surface area contributed by atoms with Crippen molar-refractivity contribution >= 4 is 27.8 Å². The van der Waals surface area contributed by atoms with Crippen molar-refractivity contribution in [3.63, 3.8) is 0 Å². The Morgan fingerprint density at radius 2 is 1.61 bits per heavy atom. The van der Waals surface area contributed by atoms with E-state index in [0.29, 0.717) is 19.3 Å². The summed E-state index contributed by atoms with van der Waals surface area (Å²) < 4.78 is 25.4. The molecule has 0 radical (unpaired) electrons. The van der Waals surface area contributed by atoms with E-state index in [4.69, 9.17) is 5.11 Å². The van der Waals surface area contributed by atoms with Crippen LogP contribution in [0.15, 0.2) is 35.2 Å². The van der Waals surface area contributed by atoms with Crippen LogP contribution in [0.25, 0.3) is 0 Å². The van der Waals surface area contributed by atoms with Gasteiger partial charge in [0.2, 0.25) is 0 Å². The Labute approximate surface area is 133 Å². The fourth-order valence-electron chi connectivity index (χ4n) is 1.69. The van der Waals surface area contributed by atoms with Crippen LogP contribution in [0.3, 0.4) is 0 Å². The molecule has 126 valence electrons. The van der Waals surface area contributed by atoms with Gasteiger partial charge in [0.1, 0.15) is 0 Å². The van der Waals surface area contributed by atoms with Gasteiger partial charge in [-0.05, 0) is 25.0 Å². The Hall–Kier alpha value is -2.42. The van der Waals surface area contributed by atoms with Crippen LogP contribution in [-0.2, 0) is 24.4 Å². The third kappa shape index (κ3) is 6.92. The van der Waals surface area contributed by atoms with Gasteiger partial charge in [0, 0.05) is 13.0 Å². The molecule has 0 heterocycles. The largest absolute Gasteiger partial charge is 0.481 e. The smallest absolute Gasteiger partial charge is 0.322 e. The van der Waals surface area contributed by atoms with Crippen LogP contribution in [0, 0.1) is 0 Å². The molecule has 3 N–H and O–H groups in total. The minimum atomic E-state index is -4.08. The van der Waals surface area contributed by atoms with Crippen molar-refractivity contribution in [3.8, 4) is 0 Å². The molecule has 0 fully saturated rings. The standard InChI is InChI=1S/C14H18N2O6S/c17-12(18)9-5-2-6-10-15-13(19)14(20)16-23(21,22)11-7-3-1-4-8-11/h1,3-4,7-8H,2,5-6,9-10H2,(H,15,19)(H,16,20)(H,17,18). The van der Waals surface area contributed by atoms with Crippen molar-refractivity contribution in [1.82, 2.24) is 10.0 Å². The van der Waals surface area contributed by atoms with Crippen molar-refractivity contribution < 1.29 is 27.9 Å². The molecule has 0 aliphatic carbocycles. The molecular formula is C14H18N2O6S. The van der Waals surface area contributed by atoms with Gasteiger partial charge in [-0.1, -0.05) is 24.6 Å². The van der Waals surface area contributed by atoms with E-state index in [1.165, 1.54) is 24.3 Å². The zero-order chi connectivity index (χ0) is 17.3. The highest BCUT2D eigenvalue weighted by Crippen LogP contribution is 2.06. The maximum Gasteiger partial charge on any atom is 0.322 e. The normalized spacial score (nSPS) is 10.8. The Morgan fingerprint density at radius 3 is 2.22 bits per heavy atom. The highest BCUT2D eigenvalue weighted by molar-refractivity contribution is 7.90. The molecule has 2 amide bonds. The zero-order valence-electron chi connectivity index (χ0n) is 12.3. The Kier molecular flexibility index (Phi) is 7.20. The third-order valence-electron chi connectivity index (χ3n) is 2.84. The van der Waals surface area contributed by atoms with Crippen molar-refractivity contribution in [1.29, 1.82) is 0 Å². The lowest BCUT2D eigenvalue weighted by Gasteiger charge is -2.07. The minimum Gasteiger partial charge on any atom is -0.481 e. The number of carbonyl (C=O) groups excluding carboxylic acids is 2. The van der Waals surface area contributed by atoms with Crippen LogP contribution in [-0.4, -0.2) is 37.9 Å². The van der Waals surface area contributed by atoms with Crippen LogP contribution < -0.4 is 10.0 Å². The van der Waals surface area contributed by atoms with Crippen LogP contribution in [0.1, 0.15) is 25.7 Å². The molecule has 0 aliphatic heterocycles. The van der Waals surface area contributed by atoms with E-state index in [-0.39, 0.29) is 17.9 Å². The van der Waals surface area contributed by atoms with Crippen molar-refractivity contribution in [3.05, 3.63) is 30.3 Å². The average Bonchev–Trinajstić information content (AvgIpc) is 2.50. The maximum atomic E-state index is 11.9. The Bertz CT molecular complexity index is 657. The Balaban J connectivity index is 2.37. The van der Waals surface area contributed by atoms with Gasteiger partial charge in [0.05, 0.1) is 4.90 Å². The molecule has 0 aliphatic rings. The molecule has 0 saturated carbocycles. The number of carbonyl (C=O) groups is 3. The summed E-state index contributed by atoms with van der Waals surface area (Å²) in [6.07, 6.45) is 1.60. The molecule has 1 rings (SSSR count). The predicted octanol–water partition coefficient (Wildman–Crippen LogP) is 0.253. The summed E-state index contributed by atoms with van der Waals surface area (Å²) in [5.74, 6) is -3.21. The van der Waals surface area contributed by atoms with Gasteiger partial charge in [0.15, 0.2) is 0 Å². The molecule has 8 nitrogen and oxygen atoms in total. The number of unbranched alkanes of at least 4 members (excludes halogenated alkanes) is 2. The van der Waals surface area contributed by atoms with E-state index < -0.39 is 27.8 Å². The molecule has 1 aromatic rings. The minimum absolute atomic E-state index is 0.0454. The number of carboxylic acids is 1. The lowest BCUT2D eigenvalue weighted by Crippen LogP contribution is -2.42. The van der Waals surface area contributed by atoms with Gasteiger partial charge in [-0.3, -0.25) is 14.4 Å². The number of rotatable bonds is 8. The summed E-state index contributed by atoms with van der Waals surface area (Å²) in [6.45, 7) is 0.164. The van der Waals surface area contributed by atoms with E-state index in [0.717, 1.165) is 0 Å². The number of sulfonamides is 1. The summed E-state index contributed by atoms with van der Waals surface area (Å²) in [5, 5.41) is 10.7. The molecule has 0 aromatic heterocycles. The van der Waals surface area contributed by atoms with Crippen molar-refractivity contribution in [2.75, 3.05) is 6.54 Å². The number of hydrogen-bond acceptors (Lipinski definition) is 5. The molecule has 0 saturated heterocycles. The number of benzene rings is 1. The first-order chi connectivity index (χ1) is 10.8. The second kappa shape index (κ2) is 8.89. The quantitative estimate of drug-likeness (QED) is 0.459. The fraction of sp³-hybridized carbons (Fsp3) is 0.357. The summed E-state index contributed by atoms with van der Waals surface area (Å²) in [5.41, 5.74) is 0. The second-order valence-corrected chi connectivity index (χ2v) is 6.39. The van der Waals surface area contributed by atoms with Crippen LogP contribution >= 0.6 is 0 Å². The second-order valence-electron chi connectivity index (χ2n) is 4.71. The van der Waals surface area contributed by atoms with E-state index >= 15 is 0 Å². The van der Waals surface area contributed by atoms with Gasteiger partial charge < -0.3 is 10.4 Å². The number of aliphatic carboxylic acids is 1. The Morgan fingerprint density at radius 1 is 0.957 bits per heavy atom. The highest BCUT2D eigenvalue weighted by atomic mass is 32.2. The summed E-state index contributed by atoms with van der Waals surface area (Å²) in [6, 6.07) is 7.22. The first-order valence-corrected chi connectivity index (χ1v) is 8.43. The molecular weight excluding hydrogens is 324 g/mol. The number of nitrogens with one attached hydrogen (secondary N) is 2.